The molecule has 4 nitrogen and oxygen atoms in total. The summed E-state index contributed by atoms with van der Waals surface area (Å²) in [6.07, 6.45) is -1.36. The van der Waals surface area contributed by atoms with Crippen LogP contribution >= 0.6 is 11.3 Å². The molecule has 0 aliphatic heterocycles. The maximum absolute atomic E-state index is 13.1. The van der Waals surface area contributed by atoms with Crippen LogP contribution in [0.2, 0.25) is 0 Å². The van der Waals surface area contributed by atoms with Crippen LogP contribution in [0.3, 0.4) is 0 Å². The maximum Gasteiger partial charge on any atom is 0.248 e. The smallest absolute Gasteiger partial charge is 0.248 e. The van der Waals surface area contributed by atoms with E-state index in [2.05, 4.69) is 4.98 Å². The second-order valence-corrected chi connectivity index (χ2v) is 8.19. The van der Waals surface area contributed by atoms with Gasteiger partial charge in [0.1, 0.15) is 10.3 Å². The standard InChI is InChI=1S/C20H16F2N2O2S/c1-10-23-15-6-11(3-5-16(15)26-10)14-4-2-12-7-17(27-19(12)24-14)18(25)13-8-20(21,22)9-13/h2-7,13,18,25H,8-9H2,1H3. The molecule has 1 fully saturated rings. The molecule has 4 aromatic rings. The van der Waals surface area contributed by atoms with Crippen LogP contribution in [0.5, 0.6) is 0 Å². The predicted molar refractivity (Wildman–Crippen MR) is 100.0 cm³/mol. The van der Waals surface area contributed by atoms with Crippen LogP contribution in [0.15, 0.2) is 40.8 Å². The van der Waals surface area contributed by atoms with Crippen molar-refractivity contribution >= 4 is 32.7 Å². The monoisotopic (exact) mass is 386 g/mol. The first-order valence-electron chi connectivity index (χ1n) is 8.72. The van der Waals surface area contributed by atoms with Crippen LogP contribution in [-0.4, -0.2) is 21.0 Å². The van der Waals surface area contributed by atoms with Crippen molar-refractivity contribution in [2.75, 3.05) is 0 Å². The molecule has 1 aliphatic carbocycles. The summed E-state index contributed by atoms with van der Waals surface area (Å²) in [7, 11) is 0. The van der Waals surface area contributed by atoms with Gasteiger partial charge < -0.3 is 9.52 Å². The number of fused-ring (bicyclic) bond motifs is 2. The predicted octanol–water partition coefficient (Wildman–Crippen LogP) is 5.49. The quantitative estimate of drug-likeness (QED) is 0.506. The minimum Gasteiger partial charge on any atom is -0.441 e. The van der Waals surface area contributed by atoms with E-state index in [1.807, 2.05) is 36.4 Å². The summed E-state index contributed by atoms with van der Waals surface area (Å²) in [4.78, 5) is 10.5. The second-order valence-electron chi connectivity index (χ2n) is 7.12. The zero-order chi connectivity index (χ0) is 18.8. The van der Waals surface area contributed by atoms with E-state index in [-0.39, 0.29) is 18.8 Å². The number of aryl methyl sites for hydroxylation is 1. The Kier molecular flexibility index (Phi) is 3.61. The van der Waals surface area contributed by atoms with E-state index in [0.717, 1.165) is 32.6 Å². The Morgan fingerprint density at radius 3 is 2.78 bits per heavy atom. The third kappa shape index (κ3) is 2.91. The zero-order valence-corrected chi connectivity index (χ0v) is 15.3. The van der Waals surface area contributed by atoms with Crippen molar-refractivity contribution in [2.45, 2.75) is 31.8 Å². The first-order valence-corrected chi connectivity index (χ1v) is 9.54. The molecule has 7 heteroatoms. The van der Waals surface area contributed by atoms with E-state index in [1.165, 1.54) is 11.3 Å². The van der Waals surface area contributed by atoms with E-state index in [9.17, 15) is 13.9 Å². The Balaban J connectivity index is 1.47. The molecule has 5 rings (SSSR count). The Labute approximate surface area is 157 Å². The number of oxazole rings is 1. The molecule has 1 atom stereocenters. The molecule has 1 N–H and O–H groups in total. The van der Waals surface area contributed by atoms with E-state index >= 15 is 0 Å². The number of benzene rings is 1. The number of aromatic nitrogens is 2. The number of hydrogen-bond donors (Lipinski definition) is 1. The Bertz CT molecular complexity index is 1160. The SMILES string of the molecule is Cc1nc2cc(-c3ccc4cc(C(O)C5CC(F)(F)C5)sc4n3)ccc2o1. The van der Waals surface area contributed by atoms with Crippen molar-refractivity contribution in [1.29, 1.82) is 0 Å². The summed E-state index contributed by atoms with van der Waals surface area (Å²) in [6, 6.07) is 11.4. The molecular formula is C20H16F2N2O2S. The van der Waals surface area contributed by atoms with Gasteiger partial charge in [-0.15, -0.1) is 11.3 Å². The lowest BCUT2D eigenvalue weighted by Crippen LogP contribution is -2.38. The molecule has 3 heterocycles. The van der Waals surface area contributed by atoms with E-state index < -0.39 is 12.0 Å². The number of thiophene rings is 1. The van der Waals surface area contributed by atoms with Gasteiger partial charge in [0.05, 0.1) is 11.8 Å². The number of aliphatic hydroxyl groups is 1. The highest BCUT2D eigenvalue weighted by molar-refractivity contribution is 7.18. The summed E-state index contributed by atoms with van der Waals surface area (Å²) < 4.78 is 31.7. The van der Waals surface area contributed by atoms with Gasteiger partial charge in [-0.1, -0.05) is 0 Å². The molecular weight excluding hydrogens is 370 g/mol. The topological polar surface area (TPSA) is 59.2 Å². The van der Waals surface area contributed by atoms with Crippen LogP contribution < -0.4 is 0 Å². The molecule has 3 aromatic heterocycles. The number of halogens is 2. The summed E-state index contributed by atoms with van der Waals surface area (Å²) in [6.45, 7) is 1.81. The van der Waals surface area contributed by atoms with Gasteiger partial charge in [-0.2, -0.15) is 0 Å². The van der Waals surface area contributed by atoms with Crippen LogP contribution in [0.25, 0.3) is 32.6 Å². The van der Waals surface area contributed by atoms with E-state index in [0.29, 0.717) is 10.8 Å². The van der Waals surface area contributed by atoms with Crippen molar-refractivity contribution in [2.24, 2.45) is 5.92 Å². The second kappa shape index (κ2) is 5.81. The molecule has 138 valence electrons. The lowest BCUT2D eigenvalue weighted by atomic mass is 9.77. The molecule has 1 saturated carbocycles. The molecule has 0 spiro atoms. The minimum absolute atomic E-state index is 0.252. The molecule has 0 amide bonds. The van der Waals surface area contributed by atoms with Gasteiger partial charge in [0.25, 0.3) is 0 Å². The Morgan fingerprint density at radius 1 is 1.19 bits per heavy atom. The highest BCUT2D eigenvalue weighted by Crippen LogP contribution is 2.49. The van der Waals surface area contributed by atoms with Crippen molar-refractivity contribution in [1.82, 2.24) is 9.97 Å². The number of aliphatic hydroxyl groups excluding tert-OH is 1. The average Bonchev–Trinajstić information content (AvgIpc) is 3.19. The highest BCUT2D eigenvalue weighted by atomic mass is 32.1. The van der Waals surface area contributed by atoms with Gasteiger partial charge in [-0.05, 0) is 36.4 Å². The number of rotatable bonds is 3. The third-order valence-electron chi connectivity index (χ3n) is 5.05. The van der Waals surface area contributed by atoms with Gasteiger partial charge >= 0.3 is 0 Å². The fraction of sp³-hybridized carbons (Fsp3) is 0.300. The van der Waals surface area contributed by atoms with E-state index in [4.69, 9.17) is 9.40 Å². The molecule has 0 saturated heterocycles. The summed E-state index contributed by atoms with van der Waals surface area (Å²) in [5.41, 5.74) is 3.23. The van der Waals surface area contributed by atoms with Gasteiger partial charge in [-0.3, -0.25) is 0 Å². The number of nitrogens with zero attached hydrogens (tertiary/aromatic N) is 2. The third-order valence-corrected chi connectivity index (χ3v) is 6.17. The number of pyridine rings is 1. The molecule has 1 aromatic carbocycles. The van der Waals surface area contributed by atoms with Gasteiger partial charge in [0.2, 0.25) is 5.92 Å². The fourth-order valence-electron chi connectivity index (χ4n) is 3.61. The lowest BCUT2D eigenvalue weighted by molar-refractivity contribution is -0.141. The summed E-state index contributed by atoms with van der Waals surface area (Å²) >= 11 is 1.36. The maximum atomic E-state index is 13.1. The number of alkyl halides is 2. The van der Waals surface area contributed by atoms with Gasteiger partial charge in [-0.25, -0.2) is 18.7 Å². The van der Waals surface area contributed by atoms with E-state index in [1.54, 1.807) is 6.92 Å². The number of hydrogen-bond acceptors (Lipinski definition) is 5. The fourth-order valence-corrected chi connectivity index (χ4v) is 4.72. The Morgan fingerprint density at radius 2 is 2.00 bits per heavy atom. The van der Waals surface area contributed by atoms with Crippen molar-refractivity contribution < 1.29 is 18.3 Å². The van der Waals surface area contributed by atoms with Gasteiger partial charge in [0.15, 0.2) is 11.5 Å². The van der Waals surface area contributed by atoms with Gasteiger partial charge in [0, 0.05) is 41.5 Å². The summed E-state index contributed by atoms with van der Waals surface area (Å²) in [5.74, 6) is -2.40. The van der Waals surface area contributed by atoms with Crippen LogP contribution in [-0.2, 0) is 0 Å². The van der Waals surface area contributed by atoms with Crippen LogP contribution in [0.1, 0.15) is 29.7 Å². The van der Waals surface area contributed by atoms with Crippen molar-refractivity contribution in [3.63, 3.8) is 0 Å². The highest BCUT2D eigenvalue weighted by Gasteiger charge is 2.48. The Hall–Kier alpha value is -2.38. The molecule has 0 radical (unpaired) electrons. The minimum atomic E-state index is -2.63. The van der Waals surface area contributed by atoms with Crippen LogP contribution in [0.4, 0.5) is 8.78 Å². The molecule has 0 bridgehead atoms. The van der Waals surface area contributed by atoms with Crippen LogP contribution in [0, 0.1) is 12.8 Å². The average molecular weight is 386 g/mol. The molecule has 1 unspecified atom stereocenters. The lowest BCUT2D eigenvalue weighted by Gasteiger charge is -2.37. The summed E-state index contributed by atoms with van der Waals surface area (Å²) in [5, 5.41) is 11.3. The molecule has 27 heavy (non-hydrogen) atoms. The normalized spacial score (nSPS) is 18.1. The molecule has 1 aliphatic rings. The first kappa shape index (κ1) is 16.8. The first-order chi connectivity index (χ1) is 12.9. The van der Waals surface area contributed by atoms with Crippen molar-refractivity contribution in [3.8, 4) is 11.3 Å². The zero-order valence-electron chi connectivity index (χ0n) is 14.4. The largest absolute Gasteiger partial charge is 0.441 e. The van der Waals surface area contributed by atoms with Crippen molar-refractivity contribution in [3.05, 3.63) is 47.2 Å².